The van der Waals surface area contributed by atoms with E-state index in [1.165, 1.54) is 0 Å². The van der Waals surface area contributed by atoms with Crippen LogP contribution in [0.3, 0.4) is 0 Å². The van der Waals surface area contributed by atoms with E-state index in [0.717, 1.165) is 53.9 Å². The van der Waals surface area contributed by atoms with Gasteiger partial charge in [0.15, 0.2) is 5.78 Å². The second kappa shape index (κ2) is 7.62. The molecule has 140 valence electrons. The Labute approximate surface area is 159 Å². The maximum atomic E-state index is 11.9. The number of hydrogen-bond acceptors (Lipinski definition) is 4. The first-order valence-corrected chi connectivity index (χ1v) is 9.60. The maximum Gasteiger partial charge on any atom is 0.159 e. The van der Waals surface area contributed by atoms with E-state index in [1.54, 1.807) is 6.92 Å². The number of aromatic nitrogens is 2. The zero-order chi connectivity index (χ0) is 18.8. The molecule has 1 unspecified atom stereocenters. The van der Waals surface area contributed by atoms with Crippen molar-refractivity contribution in [3.63, 3.8) is 0 Å². The standard InChI is InChI=1S/C22H26N4O/c1-15(27)16-6-5-7-17(14-16)21(23-18-10-12-26(2)13-11-18)22-24-19-8-3-4-9-20(19)25-22/h3-9,14,18,21,23H,10-13H2,1-2H3,(H,24,25). The van der Waals surface area contributed by atoms with Crippen LogP contribution in [0.15, 0.2) is 48.5 Å². The molecule has 2 heterocycles. The number of aromatic amines is 1. The van der Waals surface area contributed by atoms with Gasteiger partial charge in [-0.05, 0) is 63.7 Å². The average molecular weight is 362 g/mol. The van der Waals surface area contributed by atoms with Gasteiger partial charge in [0.2, 0.25) is 0 Å². The summed E-state index contributed by atoms with van der Waals surface area (Å²) in [6.45, 7) is 3.80. The molecule has 0 saturated carbocycles. The van der Waals surface area contributed by atoms with E-state index in [9.17, 15) is 4.79 Å². The van der Waals surface area contributed by atoms with Crippen LogP contribution in [0.4, 0.5) is 0 Å². The van der Waals surface area contributed by atoms with Crippen molar-refractivity contribution in [2.45, 2.75) is 31.8 Å². The Kier molecular flexibility index (Phi) is 5.05. The molecular weight excluding hydrogens is 336 g/mol. The lowest BCUT2D eigenvalue weighted by molar-refractivity contribution is 0.101. The number of nitrogens with zero attached hydrogens (tertiary/aromatic N) is 2. The van der Waals surface area contributed by atoms with E-state index in [0.29, 0.717) is 6.04 Å². The van der Waals surface area contributed by atoms with Gasteiger partial charge in [-0.3, -0.25) is 4.79 Å². The number of carbonyl (C=O) groups is 1. The molecule has 27 heavy (non-hydrogen) atoms. The van der Waals surface area contributed by atoms with Gasteiger partial charge in [-0.1, -0.05) is 30.3 Å². The molecular formula is C22H26N4O. The quantitative estimate of drug-likeness (QED) is 0.682. The maximum absolute atomic E-state index is 11.9. The number of H-pyrrole nitrogens is 1. The fourth-order valence-electron chi connectivity index (χ4n) is 3.79. The summed E-state index contributed by atoms with van der Waals surface area (Å²) in [7, 11) is 2.17. The average Bonchev–Trinajstić information content (AvgIpc) is 3.11. The molecule has 3 aromatic rings. The van der Waals surface area contributed by atoms with Gasteiger partial charge < -0.3 is 15.2 Å². The lowest BCUT2D eigenvalue weighted by Gasteiger charge is -2.32. The fourth-order valence-corrected chi connectivity index (χ4v) is 3.79. The van der Waals surface area contributed by atoms with Crippen molar-refractivity contribution in [1.29, 1.82) is 0 Å². The van der Waals surface area contributed by atoms with Gasteiger partial charge in [0.05, 0.1) is 17.1 Å². The predicted molar refractivity (Wildman–Crippen MR) is 108 cm³/mol. The van der Waals surface area contributed by atoms with E-state index in [-0.39, 0.29) is 11.8 Å². The number of ketones is 1. The molecule has 5 heteroatoms. The number of nitrogens with one attached hydrogen (secondary N) is 2. The molecule has 2 aromatic carbocycles. The molecule has 2 N–H and O–H groups in total. The Hall–Kier alpha value is -2.50. The second-order valence-electron chi connectivity index (χ2n) is 7.50. The third kappa shape index (κ3) is 3.94. The van der Waals surface area contributed by atoms with Crippen molar-refractivity contribution >= 4 is 16.8 Å². The zero-order valence-electron chi connectivity index (χ0n) is 15.9. The SMILES string of the molecule is CC(=O)c1cccc(C(NC2CCN(C)CC2)c2nc3ccccc3[nH]2)c1. The van der Waals surface area contributed by atoms with Crippen molar-refractivity contribution in [1.82, 2.24) is 20.2 Å². The van der Waals surface area contributed by atoms with Crippen LogP contribution < -0.4 is 5.32 Å². The predicted octanol–water partition coefficient (Wildman–Crippen LogP) is 3.54. The summed E-state index contributed by atoms with van der Waals surface area (Å²) in [6.07, 6.45) is 2.22. The lowest BCUT2D eigenvalue weighted by Crippen LogP contribution is -2.42. The first-order valence-electron chi connectivity index (χ1n) is 9.60. The number of fused-ring (bicyclic) bond motifs is 1. The topological polar surface area (TPSA) is 61.0 Å². The molecule has 1 aliphatic heterocycles. The van der Waals surface area contributed by atoms with E-state index in [1.807, 2.05) is 42.5 Å². The minimum atomic E-state index is -0.0647. The highest BCUT2D eigenvalue weighted by atomic mass is 16.1. The Balaban J connectivity index is 1.70. The van der Waals surface area contributed by atoms with E-state index >= 15 is 0 Å². The van der Waals surface area contributed by atoms with Crippen LogP contribution in [0.5, 0.6) is 0 Å². The van der Waals surface area contributed by atoms with Crippen molar-refractivity contribution in [3.05, 3.63) is 65.5 Å². The zero-order valence-corrected chi connectivity index (χ0v) is 15.9. The van der Waals surface area contributed by atoms with Crippen molar-refractivity contribution in [3.8, 4) is 0 Å². The fraction of sp³-hybridized carbons (Fsp3) is 0.364. The van der Waals surface area contributed by atoms with Crippen LogP contribution >= 0.6 is 0 Å². The number of likely N-dealkylation sites (tertiary alicyclic amines) is 1. The molecule has 1 aliphatic rings. The first kappa shape index (κ1) is 17.9. The van der Waals surface area contributed by atoms with Gasteiger partial charge in [-0.2, -0.15) is 0 Å². The Morgan fingerprint density at radius 1 is 1.19 bits per heavy atom. The monoisotopic (exact) mass is 362 g/mol. The molecule has 0 amide bonds. The van der Waals surface area contributed by atoms with Gasteiger partial charge in [0.25, 0.3) is 0 Å². The number of imidazole rings is 1. The highest BCUT2D eigenvalue weighted by molar-refractivity contribution is 5.94. The van der Waals surface area contributed by atoms with Crippen molar-refractivity contribution in [2.75, 3.05) is 20.1 Å². The van der Waals surface area contributed by atoms with Gasteiger partial charge in [0, 0.05) is 11.6 Å². The highest BCUT2D eigenvalue weighted by Crippen LogP contribution is 2.25. The van der Waals surface area contributed by atoms with Crippen molar-refractivity contribution < 1.29 is 4.79 Å². The van der Waals surface area contributed by atoms with Crippen molar-refractivity contribution in [2.24, 2.45) is 0 Å². The van der Waals surface area contributed by atoms with E-state index in [2.05, 4.69) is 28.3 Å². The second-order valence-corrected chi connectivity index (χ2v) is 7.50. The number of carbonyl (C=O) groups excluding carboxylic acids is 1. The van der Waals surface area contributed by atoms with Crippen LogP contribution in [-0.4, -0.2) is 46.8 Å². The van der Waals surface area contributed by atoms with Gasteiger partial charge in [0.1, 0.15) is 5.82 Å². The van der Waals surface area contributed by atoms with Gasteiger partial charge in [-0.25, -0.2) is 4.98 Å². The number of piperidine rings is 1. The molecule has 0 aliphatic carbocycles. The number of rotatable bonds is 5. The van der Waals surface area contributed by atoms with Crippen LogP contribution in [0.2, 0.25) is 0 Å². The van der Waals surface area contributed by atoms with Crippen LogP contribution in [0, 0.1) is 0 Å². The molecule has 0 bridgehead atoms. The minimum absolute atomic E-state index is 0.0647. The number of benzene rings is 2. The molecule has 1 aromatic heterocycles. The lowest BCUT2D eigenvalue weighted by atomic mass is 9.98. The number of hydrogen-bond donors (Lipinski definition) is 2. The molecule has 1 saturated heterocycles. The number of Topliss-reactive ketones (excluding diaryl/α,β-unsaturated/α-hetero) is 1. The third-order valence-electron chi connectivity index (χ3n) is 5.43. The summed E-state index contributed by atoms with van der Waals surface area (Å²) in [5.41, 5.74) is 3.80. The summed E-state index contributed by atoms with van der Waals surface area (Å²) in [6, 6.07) is 16.3. The van der Waals surface area contributed by atoms with E-state index in [4.69, 9.17) is 4.98 Å². The Morgan fingerprint density at radius 2 is 1.96 bits per heavy atom. The largest absolute Gasteiger partial charge is 0.340 e. The molecule has 4 rings (SSSR count). The highest BCUT2D eigenvalue weighted by Gasteiger charge is 2.24. The van der Waals surface area contributed by atoms with Crippen LogP contribution in [-0.2, 0) is 0 Å². The summed E-state index contributed by atoms with van der Waals surface area (Å²) >= 11 is 0. The van der Waals surface area contributed by atoms with Crippen LogP contribution in [0.25, 0.3) is 11.0 Å². The minimum Gasteiger partial charge on any atom is -0.340 e. The summed E-state index contributed by atoms with van der Waals surface area (Å²) in [5, 5.41) is 3.80. The number of para-hydroxylation sites is 2. The molecule has 1 atom stereocenters. The van der Waals surface area contributed by atoms with Gasteiger partial charge >= 0.3 is 0 Å². The molecule has 1 fully saturated rings. The summed E-state index contributed by atoms with van der Waals surface area (Å²) in [5.74, 6) is 0.982. The Bertz CT molecular complexity index is 907. The molecule has 5 nitrogen and oxygen atoms in total. The molecule has 0 spiro atoms. The Morgan fingerprint density at radius 3 is 2.70 bits per heavy atom. The van der Waals surface area contributed by atoms with E-state index < -0.39 is 0 Å². The summed E-state index contributed by atoms with van der Waals surface area (Å²) < 4.78 is 0. The summed E-state index contributed by atoms with van der Waals surface area (Å²) in [4.78, 5) is 22.5. The first-order chi connectivity index (χ1) is 13.1. The third-order valence-corrected chi connectivity index (χ3v) is 5.43. The smallest absolute Gasteiger partial charge is 0.159 e. The van der Waals surface area contributed by atoms with Gasteiger partial charge in [-0.15, -0.1) is 0 Å². The van der Waals surface area contributed by atoms with Crippen LogP contribution in [0.1, 0.15) is 47.6 Å². The molecule has 0 radical (unpaired) electrons. The normalized spacial score (nSPS) is 17.3.